The molecule has 0 radical (unpaired) electrons. The van der Waals surface area contributed by atoms with E-state index in [0.717, 1.165) is 5.56 Å². The summed E-state index contributed by atoms with van der Waals surface area (Å²) >= 11 is 5.91. The van der Waals surface area contributed by atoms with Crippen LogP contribution in [0.4, 0.5) is 5.82 Å². The van der Waals surface area contributed by atoms with Gasteiger partial charge < -0.3 is 15.4 Å². The van der Waals surface area contributed by atoms with E-state index in [1.54, 1.807) is 61.8 Å². The fourth-order valence-corrected chi connectivity index (χ4v) is 3.42. The Hall–Kier alpha value is -4.17. The molecule has 0 unspecified atom stereocenters. The Morgan fingerprint density at radius 1 is 1.03 bits per heavy atom. The number of halogens is 1. The standard InChI is InChI=1S/C25H22ClN5O3/c1-16-20(24(32)28-15-17-6-8-18(26)9-7-17)4-3-5-22(16)34-19-10-12-27-23(14-19)30-25(33)21-11-13-29-31(21)2/h3-14H,15H2,1-2H3,(H,28,32)(H,27,30,33). The van der Waals surface area contributed by atoms with Gasteiger partial charge in [-0.05, 0) is 48.9 Å². The Kier molecular flexibility index (Phi) is 6.89. The summed E-state index contributed by atoms with van der Waals surface area (Å²) in [6.07, 6.45) is 3.08. The fraction of sp³-hybridized carbons (Fsp3) is 0.120. The molecule has 2 amide bonds. The van der Waals surface area contributed by atoms with E-state index >= 15 is 0 Å². The average Bonchev–Trinajstić information content (AvgIpc) is 3.26. The molecule has 8 nitrogen and oxygen atoms in total. The monoisotopic (exact) mass is 475 g/mol. The minimum Gasteiger partial charge on any atom is -0.457 e. The van der Waals surface area contributed by atoms with Crippen molar-refractivity contribution in [2.75, 3.05) is 5.32 Å². The number of ether oxygens (including phenoxy) is 1. The number of benzene rings is 2. The van der Waals surface area contributed by atoms with Crippen molar-refractivity contribution in [2.45, 2.75) is 13.5 Å². The van der Waals surface area contributed by atoms with E-state index in [9.17, 15) is 9.59 Å². The first kappa shape index (κ1) is 23.0. The van der Waals surface area contributed by atoms with Crippen molar-refractivity contribution in [1.82, 2.24) is 20.1 Å². The number of pyridine rings is 1. The van der Waals surface area contributed by atoms with Gasteiger partial charge in [0.2, 0.25) is 0 Å². The largest absolute Gasteiger partial charge is 0.457 e. The summed E-state index contributed by atoms with van der Waals surface area (Å²) in [6, 6.07) is 17.5. The van der Waals surface area contributed by atoms with Crippen LogP contribution in [-0.2, 0) is 13.6 Å². The summed E-state index contributed by atoms with van der Waals surface area (Å²) in [5, 5.41) is 10.3. The van der Waals surface area contributed by atoms with Gasteiger partial charge >= 0.3 is 0 Å². The summed E-state index contributed by atoms with van der Waals surface area (Å²) in [6.45, 7) is 2.20. The molecule has 2 N–H and O–H groups in total. The minimum absolute atomic E-state index is 0.211. The van der Waals surface area contributed by atoms with Gasteiger partial charge in [-0.3, -0.25) is 14.3 Å². The van der Waals surface area contributed by atoms with E-state index in [1.165, 1.54) is 10.9 Å². The van der Waals surface area contributed by atoms with Crippen LogP contribution in [-0.4, -0.2) is 26.6 Å². The summed E-state index contributed by atoms with van der Waals surface area (Å²) in [5.74, 6) is 0.779. The van der Waals surface area contributed by atoms with Crippen LogP contribution in [0.2, 0.25) is 5.02 Å². The van der Waals surface area contributed by atoms with Crippen LogP contribution in [0.15, 0.2) is 73.1 Å². The maximum Gasteiger partial charge on any atom is 0.275 e. The van der Waals surface area contributed by atoms with Gasteiger partial charge in [-0.15, -0.1) is 0 Å². The number of hydrogen-bond donors (Lipinski definition) is 2. The molecule has 0 spiro atoms. The highest BCUT2D eigenvalue weighted by molar-refractivity contribution is 6.30. The van der Waals surface area contributed by atoms with Crippen LogP contribution in [0, 0.1) is 6.92 Å². The first-order valence-corrected chi connectivity index (χ1v) is 10.8. The number of amides is 2. The predicted molar refractivity (Wildman–Crippen MR) is 129 cm³/mol. The molecule has 0 fully saturated rings. The van der Waals surface area contributed by atoms with Gasteiger partial charge in [0.25, 0.3) is 11.8 Å². The molecule has 0 saturated carbocycles. The first-order valence-electron chi connectivity index (χ1n) is 10.5. The van der Waals surface area contributed by atoms with Gasteiger partial charge in [-0.1, -0.05) is 29.8 Å². The zero-order chi connectivity index (χ0) is 24.1. The highest BCUT2D eigenvalue weighted by atomic mass is 35.5. The number of nitrogens with zero attached hydrogens (tertiary/aromatic N) is 3. The van der Waals surface area contributed by atoms with Crippen LogP contribution < -0.4 is 15.4 Å². The highest BCUT2D eigenvalue weighted by Gasteiger charge is 2.14. The van der Waals surface area contributed by atoms with Gasteiger partial charge in [-0.25, -0.2) is 4.98 Å². The molecular formula is C25H22ClN5O3. The molecule has 34 heavy (non-hydrogen) atoms. The quantitative estimate of drug-likeness (QED) is 0.402. The van der Waals surface area contributed by atoms with E-state index in [1.807, 2.05) is 19.1 Å². The van der Waals surface area contributed by atoms with Gasteiger partial charge in [0, 0.05) is 48.2 Å². The van der Waals surface area contributed by atoms with Crippen molar-refractivity contribution >= 4 is 29.2 Å². The number of aryl methyl sites for hydroxylation is 1. The first-order chi connectivity index (χ1) is 16.4. The van der Waals surface area contributed by atoms with Crippen LogP contribution in [0.25, 0.3) is 0 Å². The molecular weight excluding hydrogens is 454 g/mol. The minimum atomic E-state index is -0.333. The number of rotatable bonds is 7. The van der Waals surface area contributed by atoms with Gasteiger partial charge in [0.1, 0.15) is 23.0 Å². The van der Waals surface area contributed by atoms with E-state index in [4.69, 9.17) is 16.3 Å². The van der Waals surface area contributed by atoms with Crippen molar-refractivity contribution in [2.24, 2.45) is 7.05 Å². The van der Waals surface area contributed by atoms with E-state index in [-0.39, 0.29) is 11.8 Å². The third-order valence-corrected chi connectivity index (χ3v) is 5.40. The second-order valence-electron chi connectivity index (χ2n) is 7.51. The third kappa shape index (κ3) is 5.41. The molecule has 4 rings (SSSR count). The maximum absolute atomic E-state index is 12.8. The van der Waals surface area contributed by atoms with E-state index in [2.05, 4.69) is 20.7 Å². The second-order valence-corrected chi connectivity index (χ2v) is 7.95. The zero-order valence-electron chi connectivity index (χ0n) is 18.6. The Balaban J connectivity index is 1.45. The van der Waals surface area contributed by atoms with Gasteiger partial charge in [0.15, 0.2) is 0 Å². The maximum atomic E-state index is 12.8. The molecule has 2 aromatic heterocycles. The molecule has 4 aromatic rings. The lowest BCUT2D eigenvalue weighted by Gasteiger charge is -2.13. The molecule has 0 saturated heterocycles. The Morgan fingerprint density at radius 3 is 2.56 bits per heavy atom. The van der Waals surface area contributed by atoms with Crippen LogP contribution in [0.1, 0.15) is 32.0 Å². The molecule has 0 aliphatic heterocycles. The molecule has 2 aromatic carbocycles. The van der Waals surface area contributed by atoms with E-state index in [0.29, 0.717) is 45.7 Å². The molecule has 0 bridgehead atoms. The van der Waals surface area contributed by atoms with Crippen LogP contribution in [0.5, 0.6) is 11.5 Å². The summed E-state index contributed by atoms with van der Waals surface area (Å²) < 4.78 is 7.48. The van der Waals surface area contributed by atoms with Gasteiger partial charge in [0.05, 0.1) is 0 Å². The fourth-order valence-electron chi connectivity index (χ4n) is 3.30. The van der Waals surface area contributed by atoms with Gasteiger partial charge in [-0.2, -0.15) is 5.10 Å². The molecule has 0 aliphatic rings. The van der Waals surface area contributed by atoms with Crippen molar-refractivity contribution in [1.29, 1.82) is 0 Å². The number of carbonyl (C=O) groups is 2. The van der Waals surface area contributed by atoms with Crippen molar-refractivity contribution in [3.63, 3.8) is 0 Å². The summed E-state index contributed by atoms with van der Waals surface area (Å²) in [5.41, 5.74) is 2.54. The smallest absolute Gasteiger partial charge is 0.275 e. The molecule has 9 heteroatoms. The number of aromatic nitrogens is 3. The lowest BCUT2D eigenvalue weighted by Crippen LogP contribution is -2.23. The number of hydrogen-bond acceptors (Lipinski definition) is 5. The second kappa shape index (κ2) is 10.2. The highest BCUT2D eigenvalue weighted by Crippen LogP contribution is 2.28. The predicted octanol–water partition coefficient (Wildman–Crippen LogP) is 4.75. The SMILES string of the molecule is Cc1c(Oc2ccnc(NC(=O)c3ccnn3C)c2)cccc1C(=O)NCc1ccc(Cl)cc1. The Bertz CT molecular complexity index is 1330. The zero-order valence-corrected chi connectivity index (χ0v) is 19.3. The third-order valence-electron chi connectivity index (χ3n) is 5.15. The number of nitrogens with one attached hydrogen (secondary N) is 2. The average molecular weight is 476 g/mol. The summed E-state index contributed by atoms with van der Waals surface area (Å²) in [4.78, 5) is 29.4. The summed E-state index contributed by atoms with van der Waals surface area (Å²) in [7, 11) is 1.68. The van der Waals surface area contributed by atoms with Crippen LogP contribution in [0.3, 0.4) is 0 Å². The normalized spacial score (nSPS) is 10.6. The molecule has 0 atom stereocenters. The Morgan fingerprint density at radius 2 is 1.82 bits per heavy atom. The topological polar surface area (TPSA) is 98.1 Å². The number of carbonyl (C=O) groups excluding carboxylic acids is 2. The Labute approximate surface area is 201 Å². The lowest BCUT2D eigenvalue weighted by atomic mass is 10.1. The number of anilines is 1. The lowest BCUT2D eigenvalue weighted by molar-refractivity contribution is 0.0949. The van der Waals surface area contributed by atoms with Crippen LogP contribution >= 0.6 is 11.6 Å². The van der Waals surface area contributed by atoms with E-state index < -0.39 is 0 Å². The molecule has 172 valence electrons. The van der Waals surface area contributed by atoms with Crippen molar-refractivity contribution in [3.8, 4) is 11.5 Å². The van der Waals surface area contributed by atoms with Crippen molar-refractivity contribution in [3.05, 3.63) is 100 Å². The molecule has 2 heterocycles. The van der Waals surface area contributed by atoms with Crippen molar-refractivity contribution < 1.29 is 14.3 Å². The molecule has 0 aliphatic carbocycles.